The van der Waals surface area contributed by atoms with Gasteiger partial charge in [-0.3, -0.25) is 9.78 Å². The summed E-state index contributed by atoms with van der Waals surface area (Å²) < 4.78 is 6.77. The number of hydrogen-bond acceptors (Lipinski definition) is 6. The standard InChI is InChI=1S/C18H17N5O4/c1-11-16(17(24)22-8-9-27-15(10-22)18(25)26)20-21-23(11)14-6-2-5-13-12(14)4-3-7-19-13/h2-7,15H,8-10H2,1H3,(H,25,26). The minimum Gasteiger partial charge on any atom is -0.479 e. The number of rotatable bonds is 3. The molecule has 4 rings (SSSR count). The molecule has 27 heavy (non-hydrogen) atoms. The summed E-state index contributed by atoms with van der Waals surface area (Å²) >= 11 is 0. The van der Waals surface area contributed by atoms with Gasteiger partial charge in [-0.05, 0) is 31.2 Å². The molecule has 9 nitrogen and oxygen atoms in total. The molecule has 9 heteroatoms. The fraction of sp³-hybridized carbons (Fsp3) is 0.278. The van der Waals surface area contributed by atoms with Gasteiger partial charge in [-0.15, -0.1) is 5.10 Å². The first-order valence-electron chi connectivity index (χ1n) is 8.46. The summed E-state index contributed by atoms with van der Waals surface area (Å²) in [4.78, 5) is 29.8. The van der Waals surface area contributed by atoms with Crippen LogP contribution in [0, 0.1) is 6.92 Å². The van der Waals surface area contributed by atoms with Gasteiger partial charge < -0.3 is 14.7 Å². The van der Waals surface area contributed by atoms with E-state index in [4.69, 9.17) is 9.84 Å². The number of carboxylic acid groups (broad SMARTS) is 1. The Morgan fingerprint density at radius 3 is 2.93 bits per heavy atom. The van der Waals surface area contributed by atoms with Crippen molar-refractivity contribution in [1.82, 2.24) is 24.9 Å². The van der Waals surface area contributed by atoms with Crippen LogP contribution in [0.2, 0.25) is 0 Å². The van der Waals surface area contributed by atoms with E-state index in [1.807, 2.05) is 30.3 Å². The molecule has 0 radical (unpaired) electrons. The lowest BCUT2D eigenvalue weighted by Gasteiger charge is -2.30. The van der Waals surface area contributed by atoms with E-state index in [1.165, 1.54) is 4.90 Å². The van der Waals surface area contributed by atoms with Gasteiger partial charge >= 0.3 is 5.97 Å². The number of ether oxygens (including phenoxy) is 1. The molecule has 0 aliphatic carbocycles. The summed E-state index contributed by atoms with van der Waals surface area (Å²) in [5, 5.41) is 18.2. The molecule has 3 heterocycles. The van der Waals surface area contributed by atoms with Crippen LogP contribution in [0.25, 0.3) is 16.6 Å². The number of amides is 1. The number of pyridine rings is 1. The second-order valence-electron chi connectivity index (χ2n) is 6.23. The van der Waals surface area contributed by atoms with Crippen LogP contribution in [0.1, 0.15) is 16.2 Å². The van der Waals surface area contributed by atoms with Gasteiger partial charge in [0.15, 0.2) is 11.8 Å². The van der Waals surface area contributed by atoms with Crippen LogP contribution >= 0.6 is 0 Å². The number of carboxylic acids is 1. The Bertz CT molecular complexity index is 1030. The highest BCUT2D eigenvalue weighted by molar-refractivity contribution is 5.94. The highest BCUT2D eigenvalue weighted by Crippen LogP contribution is 2.22. The maximum absolute atomic E-state index is 12.8. The summed E-state index contributed by atoms with van der Waals surface area (Å²) in [6, 6.07) is 9.42. The molecular formula is C18H17N5O4. The molecule has 1 N–H and O–H groups in total. The second-order valence-corrected chi connectivity index (χ2v) is 6.23. The Morgan fingerprint density at radius 1 is 1.26 bits per heavy atom. The van der Waals surface area contributed by atoms with E-state index in [9.17, 15) is 9.59 Å². The number of benzene rings is 1. The molecule has 1 amide bonds. The monoisotopic (exact) mass is 367 g/mol. The zero-order valence-electron chi connectivity index (χ0n) is 14.6. The topological polar surface area (TPSA) is 110 Å². The van der Waals surface area contributed by atoms with Crippen molar-refractivity contribution in [3.05, 3.63) is 47.9 Å². The first-order chi connectivity index (χ1) is 13.1. The number of aromatic nitrogens is 4. The van der Waals surface area contributed by atoms with Crippen molar-refractivity contribution in [2.24, 2.45) is 0 Å². The lowest BCUT2D eigenvalue weighted by molar-refractivity contribution is -0.154. The van der Waals surface area contributed by atoms with Crippen molar-refractivity contribution in [1.29, 1.82) is 0 Å². The molecule has 138 valence electrons. The van der Waals surface area contributed by atoms with Crippen molar-refractivity contribution >= 4 is 22.8 Å². The molecule has 1 saturated heterocycles. The molecule has 2 aromatic heterocycles. The third-order valence-corrected chi connectivity index (χ3v) is 4.58. The number of fused-ring (bicyclic) bond motifs is 1. The molecule has 0 bridgehead atoms. The highest BCUT2D eigenvalue weighted by atomic mass is 16.5. The minimum atomic E-state index is -1.09. The predicted molar refractivity (Wildman–Crippen MR) is 94.7 cm³/mol. The van der Waals surface area contributed by atoms with E-state index in [1.54, 1.807) is 17.8 Å². The number of nitrogens with zero attached hydrogens (tertiary/aromatic N) is 5. The summed E-state index contributed by atoms with van der Waals surface area (Å²) in [6.07, 6.45) is 0.689. The molecule has 1 atom stereocenters. The van der Waals surface area contributed by atoms with Gasteiger partial charge in [-0.25, -0.2) is 9.48 Å². The van der Waals surface area contributed by atoms with Crippen LogP contribution in [0.4, 0.5) is 0 Å². The highest BCUT2D eigenvalue weighted by Gasteiger charge is 2.31. The third kappa shape index (κ3) is 3.02. The minimum absolute atomic E-state index is 0.0152. The SMILES string of the molecule is Cc1c(C(=O)N2CCOC(C(=O)O)C2)nnn1-c1cccc2ncccc12. The van der Waals surface area contributed by atoms with Gasteiger partial charge in [0, 0.05) is 18.1 Å². The lowest BCUT2D eigenvalue weighted by Crippen LogP contribution is -2.48. The van der Waals surface area contributed by atoms with Crippen molar-refractivity contribution in [3.63, 3.8) is 0 Å². The molecular weight excluding hydrogens is 350 g/mol. The number of morpholine rings is 1. The van der Waals surface area contributed by atoms with E-state index in [0.717, 1.165) is 16.6 Å². The van der Waals surface area contributed by atoms with Crippen molar-refractivity contribution in [2.75, 3.05) is 19.7 Å². The first-order valence-corrected chi connectivity index (χ1v) is 8.46. The molecule has 3 aromatic rings. The summed E-state index contributed by atoms with van der Waals surface area (Å²) in [6.45, 7) is 2.23. The first kappa shape index (κ1) is 17.1. The van der Waals surface area contributed by atoms with Crippen LogP contribution in [0.3, 0.4) is 0 Å². The summed E-state index contributed by atoms with van der Waals surface area (Å²) in [5.41, 5.74) is 2.36. The Labute approximate surface area is 154 Å². The zero-order chi connectivity index (χ0) is 19.0. The maximum atomic E-state index is 12.8. The van der Waals surface area contributed by atoms with Crippen LogP contribution < -0.4 is 0 Å². The Balaban J connectivity index is 1.68. The number of carbonyl (C=O) groups excluding carboxylic acids is 1. The van der Waals surface area contributed by atoms with Crippen LogP contribution in [-0.2, 0) is 9.53 Å². The summed E-state index contributed by atoms with van der Waals surface area (Å²) in [7, 11) is 0. The molecule has 1 fully saturated rings. The normalized spacial score (nSPS) is 17.2. The van der Waals surface area contributed by atoms with Crippen molar-refractivity contribution in [2.45, 2.75) is 13.0 Å². The zero-order valence-corrected chi connectivity index (χ0v) is 14.6. The van der Waals surface area contributed by atoms with E-state index < -0.39 is 12.1 Å². The maximum Gasteiger partial charge on any atom is 0.334 e. The lowest BCUT2D eigenvalue weighted by atomic mass is 10.1. The second kappa shape index (κ2) is 6.76. The molecule has 1 unspecified atom stereocenters. The van der Waals surface area contributed by atoms with Gasteiger partial charge in [-0.1, -0.05) is 11.3 Å². The van der Waals surface area contributed by atoms with Crippen LogP contribution in [-0.4, -0.2) is 67.7 Å². The Kier molecular flexibility index (Phi) is 4.28. The fourth-order valence-corrected chi connectivity index (χ4v) is 3.16. The van der Waals surface area contributed by atoms with Crippen molar-refractivity contribution in [3.8, 4) is 5.69 Å². The molecule has 1 aromatic carbocycles. The van der Waals surface area contributed by atoms with Crippen LogP contribution in [0.5, 0.6) is 0 Å². The number of aliphatic carboxylic acids is 1. The Morgan fingerprint density at radius 2 is 2.11 bits per heavy atom. The molecule has 1 aliphatic rings. The third-order valence-electron chi connectivity index (χ3n) is 4.58. The average molecular weight is 367 g/mol. The fourth-order valence-electron chi connectivity index (χ4n) is 3.16. The molecule has 1 aliphatic heterocycles. The quantitative estimate of drug-likeness (QED) is 0.736. The molecule has 0 spiro atoms. The number of carbonyl (C=O) groups is 2. The van der Waals surface area contributed by atoms with Gasteiger partial charge in [-0.2, -0.15) is 0 Å². The Hall–Kier alpha value is -3.33. The van der Waals surface area contributed by atoms with Gasteiger partial charge in [0.2, 0.25) is 0 Å². The van der Waals surface area contributed by atoms with E-state index in [-0.39, 0.29) is 24.8 Å². The molecule has 0 saturated carbocycles. The van der Waals surface area contributed by atoms with E-state index in [0.29, 0.717) is 12.2 Å². The van der Waals surface area contributed by atoms with Gasteiger partial charge in [0.25, 0.3) is 5.91 Å². The van der Waals surface area contributed by atoms with E-state index >= 15 is 0 Å². The van der Waals surface area contributed by atoms with Gasteiger partial charge in [0.1, 0.15) is 0 Å². The number of hydrogen-bond donors (Lipinski definition) is 1. The average Bonchev–Trinajstić information content (AvgIpc) is 3.08. The van der Waals surface area contributed by atoms with Gasteiger partial charge in [0.05, 0.1) is 30.0 Å². The van der Waals surface area contributed by atoms with Crippen LogP contribution in [0.15, 0.2) is 36.5 Å². The smallest absolute Gasteiger partial charge is 0.334 e. The summed E-state index contributed by atoms with van der Waals surface area (Å²) in [5.74, 6) is -1.44. The largest absolute Gasteiger partial charge is 0.479 e. The predicted octanol–water partition coefficient (Wildman–Crippen LogP) is 1.05. The van der Waals surface area contributed by atoms with E-state index in [2.05, 4.69) is 15.3 Å². The van der Waals surface area contributed by atoms with Crippen molar-refractivity contribution < 1.29 is 19.4 Å².